The van der Waals surface area contributed by atoms with Crippen molar-refractivity contribution in [2.24, 2.45) is 0 Å². The lowest BCUT2D eigenvalue weighted by Gasteiger charge is -2.09. The predicted octanol–water partition coefficient (Wildman–Crippen LogP) is 2.91. The fourth-order valence-corrected chi connectivity index (χ4v) is 2.24. The normalized spacial score (nSPS) is 12.2. The third-order valence-corrected chi connectivity index (χ3v) is 3.66. The average Bonchev–Trinajstić information content (AvgIpc) is 2.32. The molecule has 3 nitrogen and oxygen atoms in total. The molecule has 0 saturated carbocycles. The van der Waals surface area contributed by atoms with E-state index in [2.05, 4.69) is 37.2 Å². The van der Waals surface area contributed by atoms with Crippen LogP contribution in [-0.2, 0) is 16.0 Å². The summed E-state index contributed by atoms with van der Waals surface area (Å²) in [6.45, 7) is 1.32. The summed E-state index contributed by atoms with van der Waals surface area (Å²) in [7, 11) is 1.67. The lowest BCUT2D eigenvalue weighted by molar-refractivity contribution is -0.120. The van der Waals surface area contributed by atoms with Crippen LogP contribution in [0.1, 0.15) is 12.0 Å². The smallest absolute Gasteiger partial charge is 0.224 e. The number of carbonyl (C=O) groups is 1. The first-order valence-corrected chi connectivity index (χ1v) is 7.47. The van der Waals surface area contributed by atoms with Gasteiger partial charge < -0.3 is 10.1 Å². The fraction of sp³-hybridized carbons (Fsp3) is 0.462. The highest BCUT2D eigenvalue weighted by Crippen LogP contribution is 2.10. The van der Waals surface area contributed by atoms with Crippen LogP contribution in [-0.4, -0.2) is 31.0 Å². The van der Waals surface area contributed by atoms with Crippen LogP contribution in [0.3, 0.4) is 0 Å². The minimum absolute atomic E-state index is 0.0504. The molecular weight excluding hydrogens is 362 g/mol. The number of nitrogens with one attached hydrogen (secondary N) is 1. The molecule has 0 radical (unpaired) electrons. The van der Waals surface area contributed by atoms with Gasteiger partial charge in [-0.15, -0.1) is 0 Å². The van der Waals surface area contributed by atoms with Crippen LogP contribution in [0.15, 0.2) is 28.7 Å². The average molecular weight is 379 g/mol. The third-order valence-electron chi connectivity index (χ3n) is 2.41. The van der Waals surface area contributed by atoms with Gasteiger partial charge >= 0.3 is 0 Å². The summed E-state index contributed by atoms with van der Waals surface area (Å²) in [5.41, 5.74) is 1.02. The van der Waals surface area contributed by atoms with E-state index in [9.17, 15) is 4.79 Å². The van der Waals surface area contributed by atoms with Gasteiger partial charge in [0.15, 0.2) is 0 Å². The van der Waals surface area contributed by atoms with Gasteiger partial charge in [-0.1, -0.05) is 44.0 Å². The van der Waals surface area contributed by atoms with Crippen molar-refractivity contribution in [2.45, 2.75) is 17.7 Å². The zero-order valence-corrected chi connectivity index (χ0v) is 13.5. The Morgan fingerprint density at radius 1 is 1.39 bits per heavy atom. The summed E-state index contributed by atoms with van der Waals surface area (Å²) in [6.07, 6.45) is 1.28. The van der Waals surface area contributed by atoms with Crippen molar-refractivity contribution in [1.29, 1.82) is 0 Å². The second kappa shape index (κ2) is 8.67. The Kier molecular flexibility index (Phi) is 7.54. The molecule has 0 spiro atoms. The lowest BCUT2D eigenvalue weighted by Crippen LogP contribution is -2.28. The van der Waals surface area contributed by atoms with E-state index in [-0.39, 0.29) is 10.7 Å². The molecule has 100 valence electrons. The Morgan fingerprint density at radius 3 is 2.67 bits per heavy atom. The number of amides is 1. The summed E-state index contributed by atoms with van der Waals surface area (Å²) in [5, 5.41) is 2.90. The molecule has 18 heavy (non-hydrogen) atoms. The zero-order chi connectivity index (χ0) is 13.4. The summed E-state index contributed by atoms with van der Waals surface area (Å²) in [5.74, 6) is 0.0504. The standard InChI is InChI=1S/C13H17Br2NO2/c1-18-9-12(15)6-7-16-13(17)8-10-2-4-11(14)5-3-10/h2-5,12H,6-9H2,1H3,(H,16,17). The monoisotopic (exact) mass is 377 g/mol. The maximum Gasteiger partial charge on any atom is 0.224 e. The van der Waals surface area contributed by atoms with E-state index in [1.807, 2.05) is 24.3 Å². The van der Waals surface area contributed by atoms with Crippen LogP contribution in [0.2, 0.25) is 0 Å². The predicted molar refractivity (Wildman–Crippen MR) is 80.1 cm³/mol. The number of benzene rings is 1. The van der Waals surface area contributed by atoms with Crippen molar-refractivity contribution >= 4 is 37.8 Å². The maximum atomic E-state index is 11.7. The first kappa shape index (κ1) is 15.7. The number of hydrogen-bond acceptors (Lipinski definition) is 2. The van der Waals surface area contributed by atoms with Gasteiger partial charge in [-0.3, -0.25) is 4.79 Å². The topological polar surface area (TPSA) is 38.3 Å². The van der Waals surface area contributed by atoms with Gasteiger partial charge in [0.2, 0.25) is 5.91 Å². The van der Waals surface area contributed by atoms with Crippen LogP contribution in [0, 0.1) is 0 Å². The van der Waals surface area contributed by atoms with Crippen molar-refractivity contribution in [2.75, 3.05) is 20.3 Å². The molecule has 0 aliphatic carbocycles. The van der Waals surface area contributed by atoms with Gasteiger partial charge in [0.25, 0.3) is 0 Å². The largest absolute Gasteiger partial charge is 0.384 e. The van der Waals surface area contributed by atoms with E-state index in [1.54, 1.807) is 7.11 Å². The summed E-state index contributed by atoms with van der Waals surface area (Å²) < 4.78 is 6.03. The lowest BCUT2D eigenvalue weighted by atomic mass is 10.1. The van der Waals surface area contributed by atoms with Crippen molar-refractivity contribution in [3.05, 3.63) is 34.3 Å². The first-order chi connectivity index (χ1) is 8.61. The fourth-order valence-electron chi connectivity index (χ4n) is 1.48. The number of alkyl halides is 1. The van der Waals surface area contributed by atoms with Crippen molar-refractivity contribution in [3.63, 3.8) is 0 Å². The number of rotatable bonds is 7. The number of hydrogen-bond donors (Lipinski definition) is 1. The van der Waals surface area contributed by atoms with Gasteiger partial charge in [0.1, 0.15) is 0 Å². The van der Waals surface area contributed by atoms with Gasteiger partial charge in [-0.05, 0) is 24.1 Å². The molecule has 0 bridgehead atoms. The molecule has 1 aromatic rings. The summed E-state index contributed by atoms with van der Waals surface area (Å²) in [6, 6.07) is 7.77. The molecule has 1 N–H and O–H groups in total. The van der Waals surface area contributed by atoms with Gasteiger partial charge in [-0.25, -0.2) is 0 Å². The summed E-state index contributed by atoms with van der Waals surface area (Å²) >= 11 is 6.85. The van der Waals surface area contributed by atoms with Gasteiger partial charge in [0.05, 0.1) is 13.0 Å². The van der Waals surface area contributed by atoms with Gasteiger partial charge in [-0.2, -0.15) is 0 Å². The quantitative estimate of drug-likeness (QED) is 0.741. The van der Waals surface area contributed by atoms with Crippen molar-refractivity contribution < 1.29 is 9.53 Å². The van der Waals surface area contributed by atoms with E-state index in [0.717, 1.165) is 16.5 Å². The molecule has 1 atom stereocenters. The second-order valence-corrected chi connectivity index (χ2v) is 6.21. The zero-order valence-electron chi connectivity index (χ0n) is 10.3. The molecule has 0 aliphatic rings. The Morgan fingerprint density at radius 2 is 2.06 bits per heavy atom. The van der Waals surface area contributed by atoms with Crippen LogP contribution >= 0.6 is 31.9 Å². The number of halogens is 2. The molecule has 0 heterocycles. The Labute approximate surface area is 125 Å². The molecule has 0 aromatic heterocycles. The Balaban J connectivity index is 2.23. The van der Waals surface area contributed by atoms with E-state index >= 15 is 0 Å². The van der Waals surface area contributed by atoms with E-state index in [4.69, 9.17) is 4.74 Å². The Bertz CT molecular complexity index is 368. The number of methoxy groups -OCH3 is 1. The molecule has 1 unspecified atom stereocenters. The molecular formula is C13H17Br2NO2. The molecule has 5 heteroatoms. The van der Waals surface area contributed by atoms with E-state index in [0.29, 0.717) is 19.6 Å². The molecule has 0 saturated heterocycles. The molecule has 1 aromatic carbocycles. The van der Waals surface area contributed by atoms with Crippen LogP contribution in [0.5, 0.6) is 0 Å². The SMILES string of the molecule is COCC(Br)CCNC(=O)Cc1ccc(Br)cc1. The van der Waals surface area contributed by atoms with E-state index < -0.39 is 0 Å². The first-order valence-electron chi connectivity index (χ1n) is 5.76. The van der Waals surface area contributed by atoms with Crippen molar-refractivity contribution in [1.82, 2.24) is 5.32 Å². The Hall–Kier alpha value is -0.390. The van der Waals surface area contributed by atoms with Crippen molar-refractivity contribution in [3.8, 4) is 0 Å². The van der Waals surface area contributed by atoms with E-state index in [1.165, 1.54) is 0 Å². The molecule has 0 fully saturated rings. The van der Waals surface area contributed by atoms with Crippen LogP contribution < -0.4 is 5.32 Å². The minimum Gasteiger partial charge on any atom is -0.384 e. The highest BCUT2D eigenvalue weighted by molar-refractivity contribution is 9.10. The molecule has 0 aliphatic heterocycles. The summed E-state index contributed by atoms with van der Waals surface area (Å²) in [4.78, 5) is 12.0. The van der Waals surface area contributed by atoms with Gasteiger partial charge in [0, 0.05) is 23.0 Å². The highest BCUT2D eigenvalue weighted by Gasteiger charge is 2.06. The number of ether oxygens (including phenoxy) is 1. The molecule has 1 amide bonds. The van der Waals surface area contributed by atoms with Crippen LogP contribution in [0.4, 0.5) is 0 Å². The second-order valence-electron chi connectivity index (χ2n) is 3.99. The highest BCUT2D eigenvalue weighted by atomic mass is 79.9. The minimum atomic E-state index is 0.0504. The number of carbonyl (C=O) groups excluding carboxylic acids is 1. The third kappa shape index (κ3) is 6.52. The maximum absolute atomic E-state index is 11.7. The van der Waals surface area contributed by atoms with Crippen LogP contribution in [0.25, 0.3) is 0 Å². The molecule has 1 rings (SSSR count).